The molecule has 1 aromatic heterocycles. The Morgan fingerprint density at radius 1 is 1.11 bits per heavy atom. The molecule has 4 rings (SSSR count). The third-order valence-electron chi connectivity index (χ3n) is 6.81. The summed E-state index contributed by atoms with van der Waals surface area (Å²) in [5.41, 5.74) is 3.16. The lowest BCUT2D eigenvalue weighted by atomic mass is 9.91. The Hall–Kier alpha value is -2.97. The Labute approximate surface area is 226 Å². The van der Waals surface area contributed by atoms with Crippen LogP contribution in [0.25, 0.3) is 0 Å². The van der Waals surface area contributed by atoms with Crippen molar-refractivity contribution in [3.05, 3.63) is 83.2 Å². The number of ether oxygens (including phenoxy) is 1. The van der Waals surface area contributed by atoms with Crippen LogP contribution in [-0.2, 0) is 38.2 Å². The van der Waals surface area contributed by atoms with Crippen LogP contribution in [0.5, 0.6) is 0 Å². The molecule has 38 heavy (non-hydrogen) atoms. The fourth-order valence-electron chi connectivity index (χ4n) is 4.79. The number of benzene rings is 2. The van der Waals surface area contributed by atoms with E-state index in [9.17, 15) is 13.2 Å². The second kappa shape index (κ2) is 11.8. The van der Waals surface area contributed by atoms with Gasteiger partial charge in [-0.3, -0.25) is 4.79 Å². The monoisotopic (exact) mass is 537 g/mol. The first-order valence-electron chi connectivity index (χ1n) is 13.3. The van der Waals surface area contributed by atoms with Gasteiger partial charge in [-0.2, -0.15) is 0 Å². The Kier molecular flexibility index (Phi) is 8.73. The fourth-order valence-corrected chi connectivity index (χ4v) is 6.39. The molecule has 2 aromatic carbocycles. The van der Waals surface area contributed by atoms with Crippen molar-refractivity contribution in [2.45, 2.75) is 77.1 Å². The predicted octanol–water partition coefficient (Wildman–Crippen LogP) is 5.16. The van der Waals surface area contributed by atoms with Gasteiger partial charge in [0.2, 0.25) is 20.9 Å². The molecule has 1 amide bonds. The maximum atomic E-state index is 13.7. The van der Waals surface area contributed by atoms with Gasteiger partial charge in [-0.15, -0.1) is 0 Å². The number of hydrogen-bond acceptors (Lipinski definition) is 5. The molecule has 204 valence electrons. The van der Waals surface area contributed by atoms with E-state index in [-0.39, 0.29) is 34.9 Å². The lowest BCUT2D eigenvalue weighted by molar-refractivity contribution is -0.135. The van der Waals surface area contributed by atoms with Gasteiger partial charge in [0.1, 0.15) is 0 Å². The Morgan fingerprint density at radius 3 is 2.47 bits per heavy atom. The number of sulfone groups is 1. The third kappa shape index (κ3) is 7.32. The maximum Gasteiger partial charge on any atom is 0.228 e. The van der Waals surface area contributed by atoms with Crippen molar-refractivity contribution in [1.29, 1.82) is 0 Å². The smallest absolute Gasteiger partial charge is 0.228 e. The Morgan fingerprint density at radius 2 is 1.82 bits per heavy atom. The summed E-state index contributed by atoms with van der Waals surface area (Å²) in [4.78, 5) is 19.7. The molecule has 0 bridgehead atoms. The van der Waals surface area contributed by atoms with Crippen LogP contribution in [0.3, 0.4) is 0 Å². The van der Waals surface area contributed by atoms with Crippen LogP contribution in [0.15, 0.2) is 66.0 Å². The largest absolute Gasteiger partial charge is 0.376 e. The molecule has 2 heterocycles. The van der Waals surface area contributed by atoms with Crippen molar-refractivity contribution in [3.8, 4) is 0 Å². The molecule has 3 aromatic rings. The summed E-state index contributed by atoms with van der Waals surface area (Å²) in [7, 11) is -3.75. The highest BCUT2D eigenvalue weighted by molar-refractivity contribution is 7.90. The highest BCUT2D eigenvalue weighted by atomic mass is 32.2. The van der Waals surface area contributed by atoms with E-state index < -0.39 is 9.84 Å². The van der Waals surface area contributed by atoms with Crippen molar-refractivity contribution in [3.63, 3.8) is 0 Å². The zero-order chi connectivity index (χ0) is 27.3. The van der Waals surface area contributed by atoms with Crippen LogP contribution >= 0.6 is 0 Å². The molecule has 1 fully saturated rings. The molecule has 0 N–H and O–H groups in total. The van der Waals surface area contributed by atoms with Gasteiger partial charge in [-0.1, -0.05) is 75.4 Å². The molecule has 8 heteroatoms. The molecule has 1 atom stereocenters. The van der Waals surface area contributed by atoms with Crippen molar-refractivity contribution in [2.75, 3.05) is 13.2 Å². The highest BCUT2D eigenvalue weighted by Gasteiger charge is 2.29. The summed E-state index contributed by atoms with van der Waals surface area (Å²) in [6.07, 6.45) is 3.90. The molecule has 7 nitrogen and oxygen atoms in total. The van der Waals surface area contributed by atoms with Gasteiger partial charge in [-0.05, 0) is 41.9 Å². The minimum Gasteiger partial charge on any atom is -0.376 e. The van der Waals surface area contributed by atoms with E-state index in [2.05, 4.69) is 4.98 Å². The van der Waals surface area contributed by atoms with E-state index in [0.29, 0.717) is 31.8 Å². The number of aryl methyl sites for hydroxylation is 1. The van der Waals surface area contributed by atoms with Crippen molar-refractivity contribution >= 4 is 15.7 Å². The third-order valence-corrected chi connectivity index (χ3v) is 8.38. The molecule has 1 unspecified atom stereocenters. The average Bonchev–Trinajstić information content (AvgIpc) is 3.50. The number of carbonyl (C=O) groups is 1. The molecule has 0 saturated carbocycles. The minimum absolute atomic E-state index is 0.00586. The number of rotatable bonds is 10. The van der Waals surface area contributed by atoms with Gasteiger partial charge in [0.15, 0.2) is 0 Å². The molecule has 1 aliphatic rings. The number of imidazole rings is 1. The number of nitrogens with zero attached hydrogens (tertiary/aromatic N) is 3. The van der Waals surface area contributed by atoms with Crippen molar-refractivity contribution in [2.24, 2.45) is 5.41 Å². The molecular weight excluding hydrogens is 498 g/mol. The molecule has 0 aliphatic carbocycles. The minimum atomic E-state index is -3.75. The lowest BCUT2D eigenvalue weighted by Crippen LogP contribution is -2.39. The Bertz CT molecular complexity index is 1340. The van der Waals surface area contributed by atoms with E-state index in [4.69, 9.17) is 4.74 Å². The fraction of sp³-hybridized carbons (Fsp3) is 0.467. The standard InChI is InChI=1S/C30H39N3O4S/c1-23-11-8-9-14-25(23)22-38(35,36)29-31-18-26(33(29)19-24-12-6-5-7-13-24)20-32(21-27-15-10-16-37-27)28(34)17-30(2,3)4/h5-9,11-14,18,27H,10,15-17,19-22H2,1-4H3. The zero-order valence-corrected chi connectivity index (χ0v) is 23.7. The topological polar surface area (TPSA) is 81.5 Å². The maximum absolute atomic E-state index is 13.7. The van der Waals surface area contributed by atoms with E-state index >= 15 is 0 Å². The van der Waals surface area contributed by atoms with Gasteiger partial charge in [0.05, 0.1) is 36.8 Å². The first kappa shape index (κ1) is 28.0. The summed E-state index contributed by atoms with van der Waals surface area (Å²) < 4.78 is 35.0. The number of amides is 1. The second-order valence-electron chi connectivity index (χ2n) is 11.4. The first-order valence-corrected chi connectivity index (χ1v) is 14.9. The summed E-state index contributed by atoms with van der Waals surface area (Å²) in [5.74, 6) is -0.0992. The van der Waals surface area contributed by atoms with Crippen LogP contribution in [0.1, 0.15) is 62.4 Å². The summed E-state index contributed by atoms with van der Waals surface area (Å²) >= 11 is 0. The number of aromatic nitrogens is 2. The van der Waals surface area contributed by atoms with E-state index in [1.807, 2.05) is 87.2 Å². The van der Waals surface area contributed by atoms with Crippen molar-refractivity contribution < 1.29 is 17.9 Å². The lowest BCUT2D eigenvalue weighted by Gasteiger charge is -2.29. The van der Waals surface area contributed by atoms with Gasteiger partial charge >= 0.3 is 0 Å². The van der Waals surface area contributed by atoms with Crippen LogP contribution < -0.4 is 0 Å². The second-order valence-corrected chi connectivity index (χ2v) is 13.3. The zero-order valence-electron chi connectivity index (χ0n) is 22.9. The number of carbonyl (C=O) groups excluding carboxylic acids is 1. The van der Waals surface area contributed by atoms with E-state index in [1.165, 1.54) is 0 Å². The highest BCUT2D eigenvalue weighted by Crippen LogP contribution is 2.25. The molecule has 0 radical (unpaired) electrons. The van der Waals surface area contributed by atoms with Gasteiger partial charge in [-0.25, -0.2) is 13.4 Å². The van der Waals surface area contributed by atoms with Gasteiger partial charge in [0.25, 0.3) is 0 Å². The predicted molar refractivity (Wildman–Crippen MR) is 148 cm³/mol. The normalized spacial score (nSPS) is 16.1. The first-order chi connectivity index (χ1) is 18.0. The van der Waals surface area contributed by atoms with Crippen LogP contribution in [0.2, 0.25) is 0 Å². The quantitative estimate of drug-likeness (QED) is 0.357. The molecule has 1 aliphatic heterocycles. The molecule has 0 spiro atoms. The summed E-state index contributed by atoms with van der Waals surface area (Å²) in [6.45, 7) is 9.86. The SMILES string of the molecule is Cc1ccccc1CS(=O)(=O)c1ncc(CN(CC2CCCO2)C(=O)CC(C)(C)C)n1Cc1ccccc1. The van der Waals surface area contributed by atoms with Crippen LogP contribution in [0, 0.1) is 12.3 Å². The van der Waals surface area contributed by atoms with Gasteiger partial charge in [0, 0.05) is 19.6 Å². The van der Waals surface area contributed by atoms with Crippen LogP contribution in [0.4, 0.5) is 0 Å². The summed E-state index contributed by atoms with van der Waals surface area (Å²) in [6, 6.07) is 17.2. The molecular formula is C30H39N3O4S. The van der Waals surface area contributed by atoms with Gasteiger partial charge < -0.3 is 14.2 Å². The average molecular weight is 538 g/mol. The number of hydrogen-bond donors (Lipinski definition) is 0. The van der Waals surface area contributed by atoms with E-state index in [1.54, 1.807) is 10.8 Å². The Balaban J connectivity index is 1.69. The van der Waals surface area contributed by atoms with Crippen LogP contribution in [-0.4, -0.2) is 48.0 Å². The van der Waals surface area contributed by atoms with Crippen molar-refractivity contribution in [1.82, 2.24) is 14.5 Å². The summed E-state index contributed by atoms with van der Waals surface area (Å²) in [5, 5.41) is 0.0277. The molecule has 1 saturated heterocycles. The van der Waals surface area contributed by atoms with E-state index in [0.717, 1.165) is 29.5 Å².